The highest BCUT2D eigenvalue weighted by molar-refractivity contribution is 7.80. The molecule has 0 radical (unpaired) electrons. The van der Waals surface area contributed by atoms with E-state index in [2.05, 4.69) is 32.6 Å². The van der Waals surface area contributed by atoms with Gasteiger partial charge in [0.15, 0.2) is 0 Å². The van der Waals surface area contributed by atoms with E-state index in [4.69, 9.17) is 18.0 Å². The number of nitrogens with zero attached hydrogens (tertiary/aromatic N) is 1. The maximum Gasteiger partial charge on any atom is 0.0784 e. The Hall–Kier alpha value is -0.150. The highest BCUT2D eigenvalue weighted by atomic mass is 32.1. The molecule has 0 aromatic heterocycles. The fourth-order valence-electron chi connectivity index (χ4n) is 2.42. The highest BCUT2D eigenvalue weighted by Crippen LogP contribution is 2.25. The summed E-state index contributed by atoms with van der Waals surface area (Å²) >= 11 is 5.10. The van der Waals surface area contributed by atoms with Crippen molar-refractivity contribution >= 4 is 17.2 Å². The molecule has 1 rings (SSSR count). The van der Waals surface area contributed by atoms with Crippen LogP contribution in [-0.2, 0) is 0 Å². The van der Waals surface area contributed by atoms with E-state index < -0.39 is 0 Å². The van der Waals surface area contributed by atoms with Crippen molar-refractivity contribution in [2.24, 2.45) is 23.0 Å². The van der Waals surface area contributed by atoms with Crippen LogP contribution in [0.3, 0.4) is 0 Å². The van der Waals surface area contributed by atoms with Gasteiger partial charge in [0.2, 0.25) is 0 Å². The number of hydrogen-bond acceptors (Lipinski definition) is 2. The lowest BCUT2D eigenvalue weighted by atomic mass is 9.86. The minimum absolute atomic E-state index is 0.0179. The van der Waals surface area contributed by atoms with Crippen LogP contribution in [-0.4, -0.2) is 29.5 Å². The Morgan fingerprint density at radius 2 is 2.00 bits per heavy atom. The van der Waals surface area contributed by atoms with E-state index in [0.717, 1.165) is 18.3 Å². The van der Waals surface area contributed by atoms with E-state index in [1.54, 1.807) is 0 Å². The van der Waals surface area contributed by atoms with Crippen LogP contribution < -0.4 is 5.73 Å². The molecule has 0 bridgehead atoms. The Kier molecular flexibility index (Phi) is 5.39. The second-order valence-corrected chi connectivity index (χ2v) is 6.84. The summed E-state index contributed by atoms with van der Waals surface area (Å²) in [4.78, 5) is 3.25. The zero-order valence-electron chi connectivity index (χ0n) is 11.8. The van der Waals surface area contributed by atoms with Gasteiger partial charge in [-0.25, -0.2) is 0 Å². The van der Waals surface area contributed by atoms with Gasteiger partial charge in [-0.2, -0.15) is 0 Å². The molecule has 1 fully saturated rings. The first-order valence-electron chi connectivity index (χ1n) is 6.85. The van der Waals surface area contributed by atoms with Crippen molar-refractivity contribution < 1.29 is 0 Å². The SMILES string of the molecule is CC1CCN(CCCC(C)(C)C(N)=S)CC1C. The quantitative estimate of drug-likeness (QED) is 0.767. The Morgan fingerprint density at radius 3 is 2.53 bits per heavy atom. The summed E-state index contributed by atoms with van der Waals surface area (Å²) in [7, 11) is 0. The summed E-state index contributed by atoms with van der Waals surface area (Å²) in [6.07, 6.45) is 3.65. The normalized spacial score (nSPS) is 27.1. The molecule has 0 saturated carbocycles. The first-order valence-corrected chi connectivity index (χ1v) is 7.26. The molecule has 100 valence electrons. The van der Waals surface area contributed by atoms with E-state index in [9.17, 15) is 0 Å². The molecule has 0 spiro atoms. The lowest BCUT2D eigenvalue weighted by Gasteiger charge is -2.35. The van der Waals surface area contributed by atoms with Crippen LogP contribution in [0.15, 0.2) is 0 Å². The average molecular weight is 256 g/mol. The summed E-state index contributed by atoms with van der Waals surface area (Å²) in [6.45, 7) is 12.8. The highest BCUT2D eigenvalue weighted by Gasteiger charge is 2.24. The predicted octanol–water partition coefficient (Wildman–Crippen LogP) is 3.06. The van der Waals surface area contributed by atoms with E-state index in [1.165, 1.54) is 32.5 Å². The fraction of sp³-hybridized carbons (Fsp3) is 0.929. The lowest BCUT2D eigenvalue weighted by Crippen LogP contribution is -2.39. The maximum atomic E-state index is 5.75. The molecule has 0 aliphatic carbocycles. The second kappa shape index (κ2) is 6.14. The lowest BCUT2D eigenvalue weighted by molar-refractivity contribution is 0.134. The Balaban J connectivity index is 2.26. The number of piperidine rings is 1. The standard InChI is InChI=1S/C14H28N2S/c1-11-6-9-16(10-12(11)2)8-5-7-14(3,4)13(15)17/h11-12H,5-10H2,1-4H3,(H2,15,17). The average Bonchev–Trinajstić information content (AvgIpc) is 2.23. The van der Waals surface area contributed by atoms with Crippen molar-refractivity contribution in [3.63, 3.8) is 0 Å². The van der Waals surface area contributed by atoms with Gasteiger partial charge in [-0.1, -0.05) is 39.9 Å². The molecule has 2 atom stereocenters. The molecule has 2 N–H and O–H groups in total. The first kappa shape index (κ1) is 14.9. The molecule has 1 saturated heterocycles. The van der Waals surface area contributed by atoms with Crippen molar-refractivity contribution in [2.75, 3.05) is 19.6 Å². The van der Waals surface area contributed by atoms with Gasteiger partial charge in [-0.05, 0) is 44.2 Å². The largest absolute Gasteiger partial charge is 0.393 e. The molecule has 0 amide bonds. The van der Waals surface area contributed by atoms with Gasteiger partial charge in [-0.3, -0.25) is 0 Å². The van der Waals surface area contributed by atoms with Gasteiger partial charge < -0.3 is 10.6 Å². The second-order valence-electron chi connectivity index (χ2n) is 6.40. The number of thiocarbonyl (C=S) groups is 1. The molecule has 3 heteroatoms. The third kappa shape index (κ3) is 4.55. The Morgan fingerprint density at radius 1 is 1.35 bits per heavy atom. The van der Waals surface area contributed by atoms with Gasteiger partial charge >= 0.3 is 0 Å². The predicted molar refractivity (Wildman–Crippen MR) is 79.2 cm³/mol. The van der Waals surface area contributed by atoms with Crippen molar-refractivity contribution in [3.05, 3.63) is 0 Å². The molecule has 1 aliphatic rings. The molecule has 0 aromatic rings. The van der Waals surface area contributed by atoms with Crippen LogP contribution in [0.25, 0.3) is 0 Å². The zero-order valence-corrected chi connectivity index (χ0v) is 12.6. The summed E-state index contributed by atoms with van der Waals surface area (Å²) in [5.41, 5.74) is 5.77. The Bertz CT molecular complexity index is 263. The van der Waals surface area contributed by atoms with Gasteiger partial charge in [0.25, 0.3) is 0 Å². The third-order valence-corrected chi connectivity index (χ3v) is 4.91. The van der Waals surface area contributed by atoms with Crippen LogP contribution >= 0.6 is 12.2 Å². The Labute approximate surface area is 112 Å². The van der Waals surface area contributed by atoms with Crippen molar-refractivity contribution in [1.82, 2.24) is 4.90 Å². The zero-order chi connectivity index (χ0) is 13.1. The van der Waals surface area contributed by atoms with E-state index in [1.807, 2.05) is 0 Å². The van der Waals surface area contributed by atoms with Crippen LogP contribution in [0.4, 0.5) is 0 Å². The number of likely N-dealkylation sites (tertiary alicyclic amines) is 1. The van der Waals surface area contributed by atoms with Gasteiger partial charge in [0, 0.05) is 12.0 Å². The van der Waals surface area contributed by atoms with E-state index in [0.29, 0.717) is 4.99 Å². The number of nitrogens with two attached hydrogens (primary N) is 1. The van der Waals surface area contributed by atoms with Gasteiger partial charge in [-0.15, -0.1) is 0 Å². The van der Waals surface area contributed by atoms with Crippen LogP contribution in [0.1, 0.15) is 47.0 Å². The van der Waals surface area contributed by atoms with E-state index in [-0.39, 0.29) is 5.41 Å². The number of hydrogen-bond donors (Lipinski definition) is 1. The fourth-order valence-corrected chi connectivity index (χ4v) is 2.52. The van der Waals surface area contributed by atoms with Gasteiger partial charge in [0.05, 0.1) is 4.99 Å². The molecular formula is C14H28N2S. The van der Waals surface area contributed by atoms with Crippen LogP contribution in [0.5, 0.6) is 0 Å². The number of rotatable bonds is 5. The van der Waals surface area contributed by atoms with Gasteiger partial charge in [0.1, 0.15) is 0 Å². The van der Waals surface area contributed by atoms with Crippen LogP contribution in [0.2, 0.25) is 0 Å². The maximum absolute atomic E-state index is 5.75. The summed E-state index contributed by atoms with van der Waals surface area (Å²) < 4.78 is 0. The van der Waals surface area contributed by atoms with Crippen molar-refractivity contribution in [3.8, 4) is 0 Å². The summed E-state index contributed by atoms with van der Waals surface area (Å²) in [5, 5.41) is 0. The molecule has 17 heavy (non-hydrogen) atoms. The first-order chi connectivity index (χ1) is 7.83. The molecule has 2 nitrogen and oxygen atoms in total. The third-order valence-electron chi connectivity index (χ3n) is 4.36. The van der Waals surface area contributed by atoms with Crippen molar-refractivity contribution in [1.29, 1.82) is 0 Å². The van der Waals surface area contributed by atoms with Crippen LogP contribution in [0, 0.1) is 17.3 Å². The monoisotopic (exact) mass is 256 g/mol. The smallest absolute Gasteiger partial charge is 0.0784 e. The van der Waals surface area contributed by atoms with E-state index >= 15 is 0 Å². The van der Waals surface area contributed by atoms with Crippen molar-refractivity contribution in [2.45, 2.75) is 47.0 Å². The summed E-state index contributed by atoms with van der Waals surface area (Å²) in [6, 6.07) is 0. The summed E-state index contributed by atoms with van der Waals surface area (Å²) in [5.74, 6) is 1.73. The molecule has 0 aromatic carbocycles. The minimum Gasteiger partial charge on any atom is -0.393 e. The molecule has 2 unspecified atom stereocenters. The molecule has 1 aliphatic heterocycles. The topological polar surface area (TPSA) is 29.3 Å². The molecular weight excluding hydrogens is 228 g/mol. The minimum atomic E-state index is 0.0179. The molecule has 1 heterocycles.